The molecule has 0 saturated carbocycles. The Labute approximate surface area is 140 Å². The van der Waals surface area contributed by atoms with Crippen LogP contribution in [0.5, 0.6) is 0 Å². The molecule has 2 aliphatic heterocycles. The quantitative estimate of drug-likeness (QED) is 0.909. The van der Waals surface area contributed by atoms with Crippen molar-refractivity contribution in [3.05, 3.63) is 30.1 Å². The van der Waals surface area contributed by atoms with Crippen LogP contribution < -0.4 is 10.2 Å². The molecule has 1 N–H and O–H groups in total. The Morgan fingerprint density at radius 2 is 2.00 bits per heavy atom. The number of urea groups is 1. The first-order chi connectivity index (χ1) is 11.6. The molecular weight excluding hydrogens is 306 g/mol. The summed E-state index contributed by atoms with van der Waals surface area (Å²) in [7, 11) is 2.16. The third kappa shape index (κ3) is 2.65. The van der Waals surface area contributed by atoms with Crippen molar-refractivity contribution in [3.8, 4) is 0 Å². The lowest BCUT2D eigenvalue weighted by Crippen LogP contribution is -2.50. The second-order valence-corrected chi connectivity index (χ2v) is 6.64. The zero-order valence-electron chi connectivity index (χ0n) is 13.7. The van der Waals surface area contributed by atoms with E-state index in [9.17, 15) is 9.59 Å². The van der Waals surface area contributed by atoms with E-state index < -0.39 is 0 Å². The van der Waals surface area contributed by atoms with E-state index in [1.165, 1.54) is 5.56 Å². The van der Waals surface area contributed by atoms with Gasteiger partial charge in [0.25, 0.3) is 0 Å². The molecular formula is C17H21N5O2. The number of carbonyl (C=O) groups excluding carboxylic acids is 2. The van der Waals surface area contributed by atoms with Crippen molar-refractivity contribution in [2.75, 3.05) is 31.6 Å². The Morgan fingerprint density at radius 1 is 1.21 bits per heavy atom. The van der Waals surface area contributed by atoms with E-state index in [4.69, 9.17) is 0 Å². The molecule has 4 heterocycles. The van der Waals surface area contributed by atoms with Crippen LogP contribution in [0, 0.1) is 0 Å². The van der Waals surface area contributed by atoms with Crippen molar-refractivity contribution < 1.29 is 9.59 Å². The van der Waals surface area contributed by atoms with E-state index in [1.807, 2.05) is 10.6 Å². The van der Waals surface area contributed by atoms with Crippen LogP contribution in [0.25, 0.3) is 5.65 Å². The second-order valence-electron chi connectivity index (χ2n) is 6.64. The molecule has 0 bridgehead atoms. The van der Waals surface area contributed by atoms with Crippen LogP contribution in [0.1, 0.15) is 30.7 Å². The van der Waals surface area contributed by atoms with Gasteiger partial charge in [0, 0.05) is 19.2 Å². The molecule has 2 aromatic heterocycles. The Morgan fingerprint density at radius 3 is 2.75 bits per heavy atom. The van der Waals surface area contributed by atoms with Gasteiger partial charge in [-0.05, 0) is 56.6 Å². The Hall–Kier alpha value is -2.41. The number of fused-ring (bicyclic) bond motifs is 1. The predicted octanol–water partition coefficient (Wildman–Crippen LogP) is 1.59. The normalized spacial score (nSPS) is 20.6. The molecule has 2 aromatic rings. The zero-order valence-corrected chi connectivity index (χ0v) is 13.7. The maximum atomic E-state index is 12.0. The molecule has 0 atom stereocenters. The van der Waals surface area contributed by atoms with Gasteiger partial charge < -0.3 is 4.90 Å². The van der Waals surface area contributed by atoms with E-state index >= 15 is 0 Å². The highest BCUT2D eigenvalue weighted by molar-refractivity contribution is 6.05. The highest BCUT2D eigenvalue weighted by Crippen LogP contribution is 2.29. The smallest absolute Gasteiger partial charge is 0.306 e. The topological polar surface area (TPSA) is 70.0 Å². The van der Waals surface area contributed by atoms with Gasteiger partial charge in [-0.15, -0.1) is 0 Å². The van der Waals surface area contributed by atoms with Crippen molar-refractivity contribution in [2.24, 2.45) is 0 Å². The van der Waals surface area contributed by atoms with Crippen molar-refractivity contribution >= 4 is 23.4 Å². The lowest BCUT2D eigenvalue weighted by Gasteiger charge is -2.29. The number of nitrogens with zero attached hydrogens (tertiary/aromatic N) is 4. The number of nitrogens with one attached hydrogen (secondary N) is 1. The van der Waals surface area contributed by atoms with Gasteiger partial charge in [0.1, 0.15) is 11.5 Å². The number of hydrogen-bond donors (Lipinski definition) is 1. The summed E-state index contributed by atoms with van der Waals surface area (Å²) in [6.07, 6.45) is 6.32. The number of rotatable bonds is 2. The summed E-state index contributed by atoms with van der Waals surface area (Å²) in [5.74, 6) is 1.04. The minimum absolute atomic E-state index is 0.227. The monoisotopic (exact) mass is 327 g/mol. The Kier molecular flexibility index (Phi) is 3.72. The second kappa shape index (κ2) is 5.90. The molecule has 0 aromatic carbocycles. The van der Waals surface area contributed by atoms with Gasteiger partial charge >= 0.3 is 6.03 Å². The number of pyridine rings is 1. The van der Waals surface area contributed by atoms with Gasteiger partial charge in [-0.25, -0.2) is 9.78 Å². The largest absolute Gasteiger partial charge is 0.329 e. The summed E-state index contributed by atoms with van der Waals surface area (Å²) < 4.78 is 1.91. The Balaban J connectivity index is 1.61. The summed E-state index contributed by atoms with van der Waals surface area (Å²) in [6, 6.07) is 3.86. The molecule has 24 heavy (non-hydrogen) atoms. The average molecular weight is 327 g/mol. The third-order valence-corrected chi connectivity index (χ3v) is 5.04. The van der Waals surface area contributed by atoms with Crippen molar-refractivity contribution in [3.63, 3.8) is 0 Å². The minimum atomic E-state index is -0.382. The van der Waals surface area contributed by atoms with E-state index in [1.54, 1.807) is 11.1 Å². The third-order valence-electron chi connectivity index (χ3n) is 5.04. The number of anilines is 1. The summed E-state index contributed by atoms with van der Waals surface area (Å²) in [4.78, 5) is 31.7. The Bertz CT molecular complexity index is 791. The number of carbonyl (C=O) groups is 2. The van der Waals surface area contributed by atoms with Crippen LogP contribution in [0.4, 0.5) is 10.6 Å². The summed E-state index contributed by atoms with van der Waals surface area (Å²) in [5.41, 5.74) is 2.15. The van der Waals surface area contributed by atoms with Gasteiger partial charge in [-0.1, -0.05) is 0 Å². The van der Waals surface area contributed by atoms with Crippen LogP contribution in [0.2, 0.25) is 0 Å². The lowest BCUT2D eigenvalue weighted by molar-refractivity contribution is -0.120. The fourth-order valence-corrected chi connectivity index (χ4v) is 3.56. The van der Waals surface area contributed by atoms with E-state index in [0.717, 1.165) is 31.6 Å². The van der Waals surface area contributed by atoms with Crippen molar-refractivity contribution in [1.82, 2.24) is 19.6 Å². The number of likely N-dealkylation sites (tertiary alicyclic amines) is 1. The number of imide groups is 1. The van der Waals surface area contributed by atoms with Crippen molar-refractivity contribution in [1.29, 1.82) is 0 Å². The number of hydrogen-bond acceptors (Lipinski definition) is 4. The van der Waals surface area contributed by atoms with Gasteiger partial charge in [0.2, 0.25) is 5.91 Å². The van der Waals surface area contributed by atoms with E-state index in [2.05, 4.69) is 34.4 Å². The minimum Gasteiger partial charge on any atom is -0.306 e. The first kappa shape index (κ1) is 15.1. The lowest BCUT2D eigenvalue weighted by atomic mass is 9.90. The van der Waals surface area contributed by atoms with Crippen LogP contribution >= 0.6 is 0 Å². The van der Waals surface area contributed by atoms with Gasteiger partial charge in [0.05, 0.1) is 6.20 Å². The zero-order chi connectivity index (χ0) is 16.7. The molecule has 7 nitrogen and oxygen atoms in total. The molecule has 0 unspecified atom stereocenters. The van der Waals surface area contributed by atoms with Crippen LogP contribution in [0.15, 0.2) is 24.5 Å². The first-order valence-corrected chi connectivity index (χ1v) is 8.39. The molecule has 4 rings (SSSR count). The van der Waals surface area contributed by atoms with Gasteiger partial charge in [-0.3, -0.25) is 19.4 Å². The van der Waals surface area contributed by atoms with E-state index in [-0.39, 0.29) is 11.9 Å². The van der Waals surface area contributed by atoms with Crippen LogP contribution in [-0.4, -0.2) is 52.9 Å². The molecule has 3 amide bonds. The summed E-state index contributed by atoms with van der Waals surface area (Å²) in [6.45, 7) is 2.63. The number of amides is 3. The van der Waals surface area contributed by atoms with E-state index in [0.29, 0.717) is 24.7 Å². The highest BCUT2D eigenvalue weighted by Gasteiger charge is 2.27. The standard InChI is InChI=1S/C17H21N5O2/c1-20-6-2-12(3-7-20)13-4-8-21-14(10-13)18-11-16(21)22-9-5-15(23)19-17(22)24/h4,8,10-12H,2-3,5-7,9H2,1H3,(H,19,23,24). The molecule has 2 saturated heterocycles. The fourth-order valence-electron chi connectivity index (χ4n) is 3.56. The molecule has 2 fully saturated rings. The maximum Gasteiger partial charge on any atom is 0.329 e. The van der Waals surface area contributed by atoms with Gasteiger partial charge in [-0.2, -0.15) is 0 Å². The number of aromatic nitrogens is 2. The molecule has 126 valence electrons. The molecule has 0 spiro atoms. The molecule has 7 heteroatoms. The summed E-state index contributed by atoms with van der Waals surface area (Å²) >= 11 is 0. The average Bonchev–Trinajstić information content (AvgIpc) is 2.98. The van der Waals surface area contributed by atoms with Gasteiger partial charge in [0.15, 0.2) is 0 Å². The molecule has 0 radical (unpaired) electrons. The maximum absolute atomic E-state index is 12.0. The molecule has 0 aliphatic carbocycles. The first-order valence-electron chi connectivity index (χ1n) is 8.39. The van der Waals surface area contributed by atoms with Crippen molar-refractivity contribution in [2.45, 2.75) is 25.2 Å². The van der Waals surface area contributed by atoms with Crippen LogP contribution in [-0.2, 0) is 4.79 Å². The summed E-state index contributed by atoms with van der Waals surface area (Å²) in [5, 5.41) is 2.35. The predicted molar refractivity (Wildman–Crippen MR) is 90.2 cm³/mol. The van der Waals surface area contributed by atoms with Crippen LogP contribution in [0.3, 0.4) is 0 Å². The fraction of sp³-hybridized carbons (Fsp3) is 0.471. The number of imidazole rings is 1. The SMILES string of the molecule is CN1CCC(c2ccn3c(N4CCC(=O)NC4=O)cnc3c2)CC1. The highest BCUT2D eigenvalue weighted by atomic mass is 16.2. The molecule has 2 aliphatic rings. The number of piperidine rings is 1.